The van der Waals surface area contributed by atoms with E-state index in [0.717, 1.165) is 18.4 Å². The van der Waals surface area contributed by atoms with E-state index in [4.69, 9.17) is 0 Å². The Morgan fingerprint density at radius 1 is 1.03 bits per heavy atom. The van der Waals surface area contributed by atoms with Gasteiger partial charge in [-0.25, -0.2) is 18.4 Å². The third-order valence-corrected chi connectivity index (χ3v) is 5.18. The lowest BCUT2D eigenvalue weighted by atomic mass is 9.94. The van der Waals surface area contributed by atoms with Crippen molar-refractivity contribution in [2.45, 2.75) is 11.3 Å². The second kappa shape index (κ2) is 6.66. The van der Waals surface area contributed by atoms with Crippen molar-refractivity contribution in [1.82, 2.24) is 20.2 Å². The summed E-state index contributed by atoms with van der Waals surface area (Å²) in [6.07, 6.45) is -0.645. The van der Waals surface area contributed by atoms with Crippen molar-refractivity contribution >= 4 is 20.7 Å². The van der Waals surface area contributed by atoms with Crippen LogP contribution in [0.5, 0.6) is 0 Å². The molecule has 0 bridgehead atoms. The van der Waals surface area contributed by atoms with Crippen LogP contribution in [-0.4, -0.2) is 34.8 Å². The third kappa shape index (κ3) is 3.70. The van der Waals surface area contributed by atoms with Gasteiger partial charge < -0.3 is 0 Å². The van der Waals surface area contributed by atoms with E-state index in [9.17, 15) is 21.6 Å². The maximum atomic E-state index is 13.2. The van der Waals surface area contributed by atoms with Gasteiger partial charge in [0, 0.05) is 23.4 Å². The van der Waals surface area contributed by atoms with Crippen molar-refractivity contribution in [2.75, 3.05) is 6.26 Å². The van der Waals surface area contributed by atoms with Crippen LogP contribution in [0.25, 0.3) is 33.3 Å². The molecule has 148 valence electrons. The van der Waals surface area contributed by atoms with Gasteiger partial charge >= 0.3 is 6.18 Å². The van der Waals surface area contributed by atoms with Gasteiger partial charge in [0.15, 0.2) is 0 Å². The Morgan fingerprint density at radius 3 is 2.55 bits per heavy atom. The lowest BCUT2D eigenvalue weighted by Gasteiger charge is -2.13. The summed E-state index contributed by atoms with van der Waals surface area (Å²) in [7, 11) is -3.66. The minimum absolute atomic E-state index is 0.274. The topological polar surface area (TPSA) is 88.6 Å². The Kier molecular flexibility index (Phi) is 4.38. The summed E-state index contributed by atoms with van der Waals surface area (Å²) in [5.41, 5.74) is 1.34. The number of H-pyrrole nitrogens is 1. The molecule has 2 aromatic heterocycles. The van der Waals surface area contributed by atoms with Crippen LogP contribution in [-0.2, 0) is 16.0 Å². The standard InChI is InChI=1S/C19H13F3N4O2S/c1-29(27,28)18-23-6-5-16(25-18)15-8-12-10-24-26-17(12)9-14(15)11-3-2-4-13(7-11)19(20,21)22/h2-10H,1H3,(H,24,26). The normalized spacial score (nSPS) is 12.4. The highest BCUT2D eigenvalue weighted by Gasteiger charge is 2.30. The minimum Gasteiger partial charge on any atom is -0.278 e. The van der Waals surface area contributed by atoms with Crippen LogP contribution in [0.1, 0.15) is 5.56 Å². The monoisotopic (exact) mass is 418 g/mol. The average Bonchev–Trinajstić information content (AvgIpc) is 3.13. The Balaban J connectivity index is 1.99. The van der Waals surface area contributed by atoms with Crippen LogP contribution in [0.4, 0.5) is 13.2 Å². The van der Waals surface area contributed by atoms with Crippen LogP contribution in [0.3, 0.4) is 0 Å². The van der Waals surface area contributed by atoms with Crippen molar-refractivity contribution in [2.24, 2.45) is 0 Å². The number of fused-ring (bicyclic) bond motifs is 1. The van der Waals surface area contributed by atoms with Crippen molar-refractivity contribution in [3.8, 4) is 22.4 Å². The highest BCUT2D eigenvalue weighted by Crippen LogP contribution is 2.37. The fourth-order valence-electron chi connectivity index (χ4n) is 2.97. The first-order valence-electron chi connectivity index (χ1n) is 8.31. The summed E-state index contributed by atoms with van der Waals surface area (Å²) in [5, 5.41) is 7.08. The minimum atomic E-state index is -4.49. The fourth-order valence-corrected chi connectivity index (χ4v) is 3.49. The molecule has 2 aromatic carbocycles. The third-order valence-electron chi connectivity index (χ3n) is 4.32. The summed E-state index contributed by atoms with van der Waals surface area (Å²) < 4.78 is 63.2. The molecular formula is C19H13F3N4O2S. The number of nitrogens with one attached hydrogen (secondary N) is 1. The second-order valence-electron chi connectivity index (χ2n) is 6.43. The molecule has 4 rings (SSSR count). The van der Waals surface area contributed by atoms with E-state index in [-0.39, 0.29) is 10.9 Å². The quantitative estimate of drug-likeness (QED) is 0.506. The molecule has 0 amide bonds. The van der Waals surface area contributed by atoms with Crippen molar-refractivity contribution < 1.29 is 21.6 Å². The maximum absolute atomic E-state index is 13.2. The summed E-state index contributed by atoms with van der Waals surface area (Å²) in [6.45, 7) is 0. The summed E-state index contributed by atoms with van der Waals surface area (Å²) >= 11 is 0. The van der Waals surface area contributed by atoms with Gasteiger partial charge in [-0.15, -0.1) is 0 Å². The molecule has 1 N–H and O–H groups in total. The maximum Gasteiger partial charge on any atom is 0.416 e. The van der Waals surface area contributed by atoms with Gasteiger partial charge in [-0.2, -0.15) is 18.3 Å². The van der Waals surface area contributed by atoms with Crippen molar-refractivity contribution in [3.63, 3.8) is 0 Å². The molecule has 0 saturated heterocycles. The van der Waals surface area contributed by atoms with Crippen LogP contribution in [0.15, 0.2) is 60.0 Å². The van der Waals surface area contributed by atoms with Crippen molar-refractivity contribution in [3.05, 3.63) is 60.4 Å². The van der Waals surface area contributed by atoms with Gasteiger partial charge in [0.25, 0.3) is 0 Å². The highest BCUT2D eigenvalue weighted by atomic mass is 32.2. The Labute approximate surface area is 163 Å². The number of aromatic nitrogens is 4. The predicted octanol–water partition coefficient (Wildman–Crippen LogP) is 4.11. The number of hydrogen-bond acceptors (Lipinski definition) is 5. The van der Waals surface area contributed by atoms with E-state index in [2.05, 4.69) is 20.2 Å². The van der Waals surface area contributed by atoms with E-state index < -0.39 is 21.6 Å². The Hall–Kier alpha value is -3.27. The number of rotatable bonds is 3. The molecule has 0 radical (unpaired) electrons. The van der Waals surface area contributed by atoms with Gasteiger partial charge in [-0.3, -0.25) is 5.10 Å². The number of benzene rings is 2. The van der Waals surface area contributed by atoms with Crippen LogP contribution >= 0.6 is 0 Å². The molecular weight excluding hydrogens is 405 g/mol. The van der Waals surface area contributed by atoms with Gasteiger partial charge in [-0.1, -0.05) is 12.1 Å². The fraction of sp³-hybridized carbons (Fsp3) is 0.105. The molecule has 0 unspecified atom stereocenters. The Bertz CT molecular complexity index is 1330. The zero-order valence-corrected chi connectivity index (χ0v) is 15.7. The lowest BCUT2D eigenvalue weighted by Crippen LogP contribution is -2.05. The molecule has 2 heterocycles. The van der Waals surface area contributed by atoms with Gasteiger partial charge in [0.05, 0.1) is 23.0 Å². The molecule has 0 aliphatic carbocycles. The number of hydrogen-bond donors (Lipinski definition) is 1. The Morgan fingerprint density at radius 2 is 1.83 bits per heavy atom. The van der Waals surface area contributed by atoms with Crippen LogP contribution < -0.4 is 0 Å². The molecule has 0 aliphatic heterocycles. The highest BCUT2D eigenvalue weighted by molar-refractivity contribution is 7.90. The lowest BCUT2D eigenvalue weighted by molar-refractivity contribution is -0.137. The first kappa shape index (κ1) is 19.1. The molecule has 0 saturated carbocycles. The molecule has 0 fully saturated rings. The van der Waals surface area contributed by atoms with Crippen molar-refractivity contribution in [1.29, 1.82) is 0 Å². The van der Waals surface area contributed by atoms with E-state index in [1.807, 2.05) is 0 Å². The zero-order chi connectivity index (χ0) is 20.8. The largest absolute Gasteiger partial charge is 0.416 e. The van der Waals surface area contributed by atoms with Crippen LogP contribution in [0.2, 0.25) is 0 Å². The van der Waals surface area contributed by atoms with E-state index in [1.165, 1.54) is 18.3 Å². The van der Waals surface area contributed by atoms with Gasteiger partial charge in [0.1, 0.15) is 0 Å². The average molecular weight is 418 g/mol. The molecule has 0 aliphatic rings. The second-order valence-corrected chi connectivity index (χ2v) is 8.34. The summed E-state index contributed by atoms with van der Waals surface area (Å²) in [5.74, 6) is 0. The molecule has 4 aromatic rings. The van der Waals surface area contributed by atoms with Gasteiger partial charge in [0.2, 0.25) is 15.0 Å². The molecule has 29 heavy (non-hydrogen) atoms. The SMILES string of the molecule is CS(=O)(=O)c1nccc(-c2cc3cn[nH]c3cc2-c2cccc(C(F)(F)F)c2)n1. The predicted molar refractivity (Wildman–Crippen MR) is 101 cm³/mol. The van der Waals surface area contributed by atoms with Gasteiger partial charge in [-0.05, 0) is 41.5 Å². The number of aromatic amines is 1. The summed E-state index contributed by atoms with van der Waals surface area (Å²) in [6, 6.07) is 9.77. The van der Waals surface area contributed by atoms with Crippen LogP contribution in [0, 0.1) is 0 Å². The molecule has 6 nitrogen and oxygen atoms in total. The van der Waals surface area contributed by atoms with E-state index in [1.54, 1.807) is 24.4 Å². The number of nitrogens with zero attached hydrogens (tertiary/aromatic N) is 3. The number of alkyl halides is 3. The summed E-state index contributed by atoms with van der Waals surface area (Å²) in [4.78, 5) is 7.88. The molecule has 10 heteroatoms. The molecule has 0 spiro atoms. The molecule has 0 atom stereocenters. The van der Waals surface area contributed by atoms with E-state index in [0.29, 0.717) is 27.6 Å². The first-order valence-corrected chi connectivity index (χ1v) is 10.2. The first-order chi connectivity index (χ1) is 13.6. The van der Waals surface area contributed by atoms with E-state index >= 15 is 0 Å². The number of halogens is 3. The number of sulfone groups is 1. The smallest absolute Gasteiger partial charge is 0.278 e. The zero-order valence-electron chi connectivity index (χ0n) is 14.9.